The Morgan fingerprint density at radius 1 is 1.05 bits per heavy atom. The zero-order chi connectivity index (χ0) is 13.4. The van der Waals surface area contributed by atoms with Crippen molar-refractivity contribution in [3.8, 4) is 0 Å². The fourth-order valence-electron chi connectivity index (χ4n) is 2.75. The smallest absolute Gasteiger partial charge is 0.0532 e. The van der Waals surface area contributed by atoms with Crippen LogP contribution in [0.25, 0.3) is 10.1 Å². The summed E-state index contributed by atoms with van der Waals surface area (Å²) in [6, 6.07) is 18.1. The molecule has 0 saturated carbocycles. The van der Waals surface area contributed by atoms with Crippen LogP contribution in [0.4, 0.5) is 5.69 Å². The quantitative estimate of drug-likeness (QED) is 0.665. The molecule has 1 aliphatic rings. The molecule has 1 nitrogen and oxygen atoms in total. The molecule has 20 heavy (non-hydrogen) atoms. The van der Waals surface area contributed by atoms with Crippen LogP contribution in [-0.2, 0) is 0 Å². The summed E-state index contributed by atoms with van der Waals surface area (Å²) >= 11 is 3.77. The Morgan fingerprint density at radius 2 is 2.00 bits per heavy atom. The molecule has 1 unspecified atom stereocenters. The number of rotatable bonds is 2. The van der Waals surface area contributed by atoms with Crippen molar-refractivity contribution >= 4 is 38.9 Å². The molecule has 1 atom stereocenters. The van der Waals surface area contributed by atoms with Gasteiger partial charge in [-0.1, -0.05) is 18.2 Å². The maximum absolute atomic E-state index is 3.71. The number of thiophene rings is 1. The fourth-order valence-corrected chi connectivity index (χ4v) is 4.65. The second kappa shape index (κ2) is 5.15. The van der Waals surface area contributed by atoms with Gasteiger partial charge in [0.2, 0.25) is 0 Å². The van der Waals surface area contributed by atoms with Crippen LogP contribution in [0.1, 0.15) is 18.0 Å². The molecular formula is C17H15NS2. The second-order valence-electron chi connectivity index (χ2n) is 5.05. The molecule has 1 aliphatic heterocycles. The third kappa shape index (κ3) is 2.21. The topological polar surface area (TPSA) is 12.0 Å². The minimum Gasteiger partial charge on any atom is -0.378 e. The molecular weight excluding hydrogens is 282 g/mol. The van der Waals surface area contributed by atoms with Gasteiger partial charge < -0.3 is 5.32 Å². The summed E-state index contributed by atoms with van der Waals surface area (Å²) in [5.41, 5.74) is 2.66. The maximum atomic E-state index is 3.71. The van der Waals surface area contributed by atoms with Crippen LogP contribution in [0.2, 0.25) is 0 Å². The molecule has 4 rings (SSSR count). The number of benzene rings is 2. The van der Waals surface area contributed by atoms with Crippen LogP contribution < -0.4 is 5.32 Å². The molecule has 0 amide bonds. The SMILES string of the molecule is c1ccc2c(c1)SCCC2Nc1ccc2sccc2c1. The van der Waals surface area contributed by atoms with E-state index in [0.29, 0.717) is 6.04 Å². The highest BCUT2D eigenvalue weighted by molar-refractivity contribution is 7.99. The Hall–Kier alpha value is -1.45. The minimum absolute atomic E-state index is 0.434. The van der Waals surface area contributed by atoms with E-state index in [9.17, 15) is 0 Å². The third-order valence-corrected chi connectivity index (χ3v) is 5.77. The normalized spacial score (nSPS) is 17.9. The van der Waals surface area contributed by atoms with Crippen molar-refractivity contribution < 1.29 is 0 Å². The molecule has 1 aromatic heterocycles. The lowest BCUT2D eigenvalue weighted by atomic mass is 10.0. The molecule has 0 saturated heterocycles. The Bertz CT molecular complexity index is 747. The van der Waals surface area contributed by atoms with Gasteiger partial charge in [-0.3, -0.25) is 0 Å². The lowest BCUT2D eigenvalue weighted by Crippen LogP contribution is -2.15. The number of anilines is 1. The highest BCUT2D eigenvalue weighted by Crippen LogP contribution is 2.38. The van der Waals surface area contributed by atoms with Gasteiger partial charge in [-0.05, 0) is 53.1 Å². The van der Waals surface area contributed by atoms with Gasteiger partial charge in [0, 0.05) is 21.0 Å². The molecule has 2 heterocycles. The van der Waals surface area contributed by atoms with E-state index in [1.807, 2.05) is 11.8 Å². The van der Waals surface area contributed by atoms with Crippen LogP contribution in [0.15, 0.2) is 58.8 Å². The van der Waals surface area contributed by atoms with Crippen LogP contribution >= 0.6 is 23.1 Å². The van der Waals surface area contributed by atoms with E-state index in [-0.39, 0.29) is 0 Å². The molecule has 0 fully saturated rings. The molecule has 2 aromatic carbocycles. The predicted molar refractivity (Wildman–Crippen MR) is 90.0 cm³/mol. The molecule has 0 radical (unpaired) electrons. The summed E-state index contributed by atoms with van der Waals surface area (Å²) in [7, 11) is 0. The second-order valence-corrected chi connectivity index (χ2v) is 7.13. The van der Waals surface area contributed by atoms with Crippen molar-refractivity contribution in [1.82, 2.24) is 0 Å². The third-order valence-electron chi connectivity index (χ3n) is 3.75. The predicted octanol–water partition coefficient (Wildman–Crippen LogP) is 5.55. The zero-order valence-electron chi connectivity index (χ0n) is 11.0. The molecule has 0 aliphatic carbocycles. The first kappa shape index (κ1) is 12.3. The van der Waals surface area contributed by atoms with E-state index in [4.69, 9.17) is 0 Å². The molecule has 100 valence electrons. The zero-order valence-corrected chi connectivity index (χ0v) is 12.6. The van der Waals surface area contributed by atoms with Gasteiger partial charge in [0.1, 0.15) is 0 Å². The molecule has 3 aromatic rings. The van der Waals surface area contributed by atoms with Crippen molar-refractivity contribution in [1.29, 1.82) is 0 Å². The van der Waals surface area contributed by atoms with Crippen molar-refractivity contribution in [2.45, 2.75) is 17.4 Å². The average Bonchev–Trinajstić information content (AvgIpc) is 2.95. The van der Waals surface area contributed by atoms with Gasteiger partial charge in [0.05, 0.1) is 6.04 Å². The summed E-state index contributed by atoms with van der Waals surface area (Å²) in [5.74, 6) is 1.19. The summed E-state index contributed by atoms with van der Waals surface area (Å²) in [4.78, 5) is 1.42. The highest BCUT2D eigenvalue weighted by atomic mass is 32.2. The van der Waals surface area contributed by atoms with Crippen molar-refractivity contribution in [2.75, 3.05) is 11.1 Å². The first-order valence-corrected chi connectivity index (χ1v) is 8.72. The highest BCUT2D eigenvalue weighted by Gasteiger charge is 2.19. The maximum Gasteiger partial charge on any atom is 0.0532 e. The van der Waals surface area contributed by atoms with Crippen LogP contribution in [-0.4, -0.2) is 5.75 Å². The summed E-state index contributed by atoms with van der Waals surface area (Å²) in [6.45, 7) is 0. The monoisotopic (exact) mass is 297 g/mol. The first-order chi connectivity index (χ1) is 9.90. The number of fused-ring (bicyclic) bond motifs is 2. The number of nitrogens with one attached hydrogen (secondary N) is 1. The van der Waals surface area contributed by atoms with Gasteiger partial charge in [-0.15, -0.1) is 23.1 Å². The Balaban J connectivity index is 1.66. The largest absolute Gasteiger partial charge is 0.378 e. The average molecular weight is 297 g/mol. The lowest BCUT2D eigenvalue weighted by molar-refractivity contribution is 0.729. The van der Waals surface area contributed by atoms with Gasteiger partial charge in [0.25, 0.3) is 0 Å². The van der Waals surface area contributed by atoms with E-state index in [0.717, 1.165) is 0 Å². The summed E-state index contributed by atoms with van der Waals surface area (Å²) in [6.07, 6.45) is 1.18. The minimum atomic E-state index is 0.434. The van der Waals surface area contributed by atoms with Gasteiger partial charge >= 0.3 is 0 Å². The van der Waals surface area contributed by atoms with Crippen molar-refractivity contribution in [3.63, 3.8) is 0 Å². The van der Waals surface area contributed by atoms with E-state index in [2.05, 4.69) is 59.2 Å². The molecule has 3 heteroatoms. The van der Waals surface area contributed by atoms with Crippen LogP contribution in [0, 0.1) is 0 Å². The van der Waals surface area contributed by atoms with Crippen molar-refractivity contribution in [2.24, 2.45) is 0 Å². The van der Waals surface area contributed by atoms with Crippen LogP contribution in [0.5, 0.6) is 0 Å². The Morgan fingerprint density at radius 3 is 3.00 bits per heavy atom. The van der Waals surface area contributed by atoms with Crippen LogP contribution in [0.3, 0.4) is 0 Å². The molecule has 0 bridgehead atoms. The number of thioether (sulfide) groups is 1. The van der Waals surface area contributed by atoms with E-state index < -0.39 is 0 Å². The summed E-state index contributed by atoms with van der Waals surface area (Å²) < 4.78 is 1.36. The number of hydrogen-bond donors (Lipinski definition) is 1. The van der Waals surface area contributed by atoms with Crippen molar-refractivity contribution in [3.05, 3.63) is 59.5 Å². The van der Waals surface area contributed by atoms with Gasteiger partial charge in [-0.25, -0.2) is 0 Å². The number of hydrogen-bond acceptors (Lipinski definition) is 3. The molecule has 0 spiro atoms. The summed E-state index contributed by atoms with van der Waals surface area (Å²) in [5, 5.41) is 7.20. The van der Waals surface area contributed by atoms with Gasteiger partial charge in [-0.2, -0.15) is 0 Å². The van der Waals surface area contributed by atoms with Gasteiger partial charge in [0.15, 0.2) is 0 Å². The lowest BCUT2D eigenvalue weighted by Gasteiger charge is -2.26. The Labute approximate surface area is 127 Å². The first-order valence-electron chi connectivity index (χ1n) is 6.86. The van der Waals surface area contributed by atoms with E-state index >= 15 is 0 Å². The fraction of sp³-hybridized carbons (Fsp3) is 0.176. The Kier molecular flexibility index (Phi) is 3.17. The molecule has 1 N–H and O–H groups in total. The van der Waals surface area contributed by atoms with E-state index in [1.54, 1.807) is 11.3 Å². The van der Waals surface area contributed by atoms with E-state index in [1.165, 1.54) is 38.4 Å². The standard InChI is InChI=1S/C17H15NS2/c1-2-4-17-14(3-1)15(8-10-20-17)18-13-5-6-16-12(11-13)7-9-19-16/h1-7,9,11,15,18H,8,10H2.